The van der Waals surface area contributed by atoms with Gasteiger partial charge in [0.25, 0.3) is 0 Å². The summed E-state index contributed by atoms with van der Waals surface area (Å²) >= 11 is 0. The first-order chi connectivity index (χ1) is 12.0. The van der Waals surface area contributed by atoms with Crippen LogP contribution in [0.5, 0.6) is 0 Å². The third-order valence-corrected chi connectivity index (χ3v) is 4.09. The average molecular weight is 342 g/mol. The highest BCUT2D eigenvalue weighted by Crippen LogP contribution is 2.31. The van der Waals surface area contributed by atoms with E-state index in [0.717, 1.165) is 5.56 Å². The van der Waals surface area contributed by atoms with Gasteiger partial charge in [-0.3, -0.25) is 0 Å². The van der Waals surface area contributed by atoms with Crippen LogP contribution >= 0.6 is 0 Å². The van der Waals surface area contributed by atoms with Crippen LogP contribution in [0.2, 0.25) is 0 Å². The molecule has 1 N–H and O–H groups in total. The molecule has 2 aromatic rings. The number of benzene rings is 2. The molecule has 0 saturated carbocycles. The zero-order valence-electron chi connectivity index (χ0n) is 14.1. The normalized spacial score (nSPS) is 25.7. The van der Waals surface area contributed by atoms with E-state index < -0.39 is 17.9 Å². The zero-order chi connectivity index (χ0) is 17.7. The van der Waals surface area contributed by atoms with Crippen LogP contribution in [0.15, 0.2) is 60.7 Å². The minimum absolute atomic E-state index is 0.0311. The first kappa shape index (κ1) is 17.6. The lowest BCUT2D eigenvalue weighted by atomic mass is 10.1. The summed E-state index contributed by atoms with van der Waals surface area (Å²) in [6, 6.07) is 18.5. The molecule has 1 fully saturated rings. The number of hydrogen-bond acceptors (Lipinski definition) is 5. The van der Waals surface area contributed by atoms with Gasteiger partial charge >= 0.3 is 5.97 Å². The quantitative estimate of drug-likeness (QED) is 0.818. The molecular weight excluding hydrogens is 320 g/mol. The summed E-state index contributed by atoms with van der Waals surface area (Å²) in [5.74, 6) is -1.71. The van der Waals surface area contributed by atoms with E-state index in [1.807, 2.05) is 36.4 Å². The number of rotatable bonds is 6. The first-order valence-electron chi connectivity index (χ1n) is 8.31. The first-order valence-corrected chi connectivity index (χ1v) is 8.31. The Kier molecular flexibility index (Phi) is 5.48. The summed E-state index contributed by atoms with van der Waals surface area (Å²) < 4.78 is 16.8. The molecule has 3 rings (SSSR count). The van der Waals surface area contributed by atoms with Crippen LogP contribution < -0.4 is 0 Å². The topological polar surface area (TPSA) is 65.0 Å². The van der Waals surface area contributed by atoms with Crippen LogP contribution in [0.1, 0.15) is 29.3 Å². The standard InChI is InChI=1S/C20H22O5/c1-20(22)12-17(23-13-15-8-4-2-5-9-15)18(25-20)14-24-19(21)16-10-6-3-7-11-16/h2-11,17-18,22H,12-14H2,1H3/t17-,18+,20+/m1/s1. The smallest absolute Gasteiger partial charge is 0.338 e. The SMILES string of the molecule is C[C@@]1(O)C[C@@H](OCc2ccccc2)[C@H](COC(=O)c2ccccc2)O1. The van der Waals surface area contributed by atoms with Crippen molar-refractivity contribution in [2.75, 3.05) is 6.61 Å². The molecule has 1 aliphatic rings. The molecule has 0 aliphatic carbocycles. The minimum atomic E-state index is -1.29. The van der Waals surface area contributed by atoms with Gasteiger partial charge in [0.1, 0.15) is 12.7 Å². The van der Waals surface area contributed by atoms with Crippen LogP contribution in [-0.2, 0) is 20.8 Å². The summed E-state index contributed by atoms with van der Waals surface area (Å²) in [6.07, 6.45) is -0.530. The second-order valence-electron chi connectivity index (χ2n) is 6.33. The molecule has 1 aliphatic heterocycles. The van der Waals surface area contributed by atoms with Gasteiger partial charge in [0.05, 0.1) is 18.3 Å². The van der Waals surface area contributed by atoms with Gasteiger partial charge in [-0.25, -0.2) is 4.79 Å². The number of carbonyl (C=O) groups excluding carboxylic acids is 1. The van der Waals surface area contributed by atoms with E-state index in [1.54, 1.807) is 31.2 Å². The Bertz CT molecular complexity index is 684. The van der Waals surface area contributed by atoms with Crippen molar-refractivity contribution in [1.29, 1.82) is 0 Å². The van der Waals surface area contributed by atoms with Gasteiger partial charge in [-0.05, 0) is 24.6 Å². The van der Waals surface area contributed by atoms with Crippen molar-refractivity contribution in [3.8, 4) is 0 Å². The highest BCUT2D eigenvalue weighted by atomic mass is 16.7. The largest absolute Gasteiger partial charge is 0.459 e. The van der Waals surface area contributed by atoms with Gasteiger partial charge < -0.3 is 19.3 Å². The minimum Gasteiger partial charge on any atom is -0.459 e. The molecule has 0 unspecified atom stereocenters. The zero-order valence-corrected chi connectivity index (χ0v) is 14.1. The third kappa shape index (κ3) is 4.89. The van der Waals surface area contributed by atoms with Crippen molar-refractivity contribution in [3.05, 3.63) is 71.8 Å². The molecule has 5 nitrogen and oxygen atoms in total. The summed E-state index contributed by atoms with van der Waals surface area (Å²) in [5.41, 5.74) is 1.52. The summed E-state index contributed by atoms with van der Waals surface area (Å²) in [7, 11) is 0. The number of esters is 1. The number of ether oxygens (including phenoxy) is 3. The monoisotopic (exact) mass is 342 g/mol. The molecule has 0 radical (unpaired) electrons. The lowest BCUT2D eigenvalue weighted by molar-refractivity contribution is -0.186. The Morgan fingerprint density at radius 2 is 1.80 bits per heavy atom. The Labute approximate surface area is 147 Å². The molecule has 3 atom stereocenters. The molecule has 0 aromatic heterocycles. The van der Waals surface area contributed by atoms with Gasteiger partial charge in [-0.1, -0.05) is 48.5 Å². The fourth-order valence-electron chi connectivity index (χ4n) is 2.86. The molecule has 5 heteroatoms. The van der Waals surface area contributed by atoms with Crippen LogP contribution in [-0.4, -0.2) is 35.7 Å². The molecule has 0 amide bonds. The molecule has 0 bridgehead atoms. The maximum Gasteiger partial charge on any atom is 0.338 e. The van der Waals surface area contributed by atoms with E-state index in [9.17, 15) is 9.90 Å². The van der Waals surface area contributed by atoms with Crippen LogP contribution in [0.4, 0.5) is 0 Å². The van der Waals surface area contributed by atoms with Crippen molar-refractivity contribution >= 4 is 5.97 Å². The number of hydrogen-bond donors (Lipinski definition) is 1. The van der Waals surface area contributed by atoms with E-state index in [0.29, 0.717) is 18.6 Å². The lowest BCUT2D eigenvalue weighted by Gasteiger charge is -2.19. The van der Waals surface area contributed by atoms with Crippen molar-refractivity contribution in [2.24, 2.45) is 0 Å². The van der Waals surface area contributed by atoms with Gasteiger partial charge in [-0.15, -0.1) is 0 Å². The Morgan fingerprint density at radius 3 is 2.48 bits per heavy atom. The van der Waals surface area contributed by atoms with Crippen molar-refractivity contribution in [3.63, 3.8) is 0 Å². The van der Waals surface area contributed by atoms with Gasteiger partial charge in [-0.2, -0.15) is 0 Å². The highest BCUT2D eigenvalue weighted by Gasteiger charge is 2.43. The molecule has 0 spiro atoms. The fraction of sp³-hybridized carbons (Fsp3) is 0.350. The van der Waals surface area contributed by atoms with E-state index in [4.69, 9.17) is 14.2 Å². The van der Waals surface area contributed by atoms with E-state index in [1.165, 1.54) is 0 Å². The summed E-state index contributed by atoms with van der Waals surface area (Å²) in [6.45, 7) is 2.03. The second-order valence-corrected chi connectivity index (χ2v) is 6.33. The lowest BCUT2D eigenvalue weighted by Crippen LogP contribution is -2.31. The summed E-state index contributed by atoms with van der Waals surface area (Å²) in [4.78, 5) is 12.1. The Balaban J connectivity index is 1.57. The third-order valence-electron chi connectivity index (χ3n) is 4.09. The second kappa shape index (κ2) is 7.78. The van der Waals surface area contributed by atoms with Crippen molar-refractivity contribution in [2.45, 2.75) is 37.9 Å². The molecule has 25 heavy (non-hydrogen) atoms. The maximum absolute atomic E-state index is 12.1. The summed E-state index contributed by atoms with van der Waals surface area (Å²) in [5, 5.41) is 10.2. The highest BCUT2D eigenvalue weighted by molar-refractivity contribution is 5.89. The van der Waals surface area contributed by atoms with Gasteiger partial charge in [0.2, 0.25) is 0 Å². The molecule has 2 aromatic carbocycles. The fourth-order valence-corrected chi connectivity index (χ4v) is 2.86. The molecule has 132 valence electrons. The predicted molar refractivity (Wildman–Crippen MR) is 91.9 cm³/mol. The van der Waals surface area contributed by atoms with E-state index >= 15 is 0 Å². The van der Waals surface area contributed by atoms with Crippen LogP contribution in [0.3, 0.4) is 0 Å². The van der Waals surface area contributed by atoms with Crippen molar-refractivity contribution in [1.82, 2.24) is 0 Å². The van der Waals surface area contributed by atoms with E-state index in [-0.39, 0.29) is 12.7 Å². The molecule has 1 saturated heterocycles. The maximum atomic E-state index is 12.1. The number of carbonyl (C=O) groups is 1. The average Bonchev–Trinajstić information content (AvgIpc) is 2.93. The predicted octanol–water partition coefficient (Wildman–Crippen LogP) is 2.93. The molecule has 1 heterocycles. The van der Waals surface area contributed by atoms with Crippen molar-refractivity contribution < 1.29 is 24.1 Å². The van der Waals surface area contributed by atoms with Gasteiger partial charge in [0, 0.05) is 6.42 Å². The van der Waals surface area contributed by atoms with E-state index in [2.05, 4.69) is 0 Å². The van der Waals surface area contributed by atoms with Crippen LogP contribution in [0, 0.1) is 0 Å². The van der Waals surface area contributed by atoms with Crippen LogP contribution in [0.25, 0.3) is 0 Å². The Hall–Kier alpha value is -2.21. The molecular formula is C20H22O5. The van der Waals surface area contributed by atoms with Gasteiger partial charge in [0.15, 0.2) is 5.79 Å². The number of aliphatic hydroxyl groups is 1. The Morgan fingerprint density at radius 1 is 1.16 bits per heavy atom.